The number of rotatable bonds is 6. The van der Waals surface area contributed by atoms with Crippen molar-refractivity contribution in [2.24, 2.45) is 14.1 Å². The number of methoxy groups -OCH3 is 1. The maximum absolute atomic E-state index is 12.5. The van der Waals surface area contributed by atoms with Crippen LogP contribution >= 0.6 is 0 Å². The van der Waals surface area contributed by atoms with E-state index in [4.69, 9.17) is 9.15 Å². The van der Waals surface area contributed by atoms with Crippen molar-refractivity contribution >= 4 is 22.8 Å². The first kappa shape index (κ1) is 19.6. The Hall–Kier alpha value is -3.20. The minimum absolute atomic E-state index is 0.0972. The minimum atomic E-state index is -0.378. The van der Waals surface area contributed by atoms with Gasteiger partial charge < -0.3 is 19.8 Å². The van der Waals surface area contributed by atoms with Gasteiger partial charge in [0.25, 0.3) is 0 Å². The second-order valence-electron chi connectivity index (χ2n) is 6.77. The highest BCUT2D eigenvalue weighted by Gasteiger charge is 2.19. The van der Waals surface area contributed by atoms with Crippen LogP contribution in [0, 0.1) is 0 Å². The SMILES string of the molecule is COc1cc2c(cc1NC(=O)NCC(c1ccco1)N(C)C)n(C)c(=O)n2C. The van der Waals surface area contributed by atoms with Crippen LogP contribution in [-0.2, 0) is 14.1 Å². The van der Waals surface area contributed by atoms with E-state index >= 15 is 0 Å². The highest BCUT2D eigenvalue weighted by atomic mass is 16.5. The van der Waals surface area contributed by atoms with Crippen LogP contribution in [0.25, 0.3) is 11.0 Å². The Labute approximate surface area is 162 Å². The summed E-state index contributed by atoms with van der Waals surface area (Å²) in [4.78, 5) is 26.6. The molecule has 0 radical (unpaired) electrons. The Bertz CT molecular complexity index is 1030. The van der Waals surface area contributed by atoms with E-state index in [2.05, 4.69) is 10.6 Å². The van der Waals surface area contributed by atoms with Crippen LogP contribution in [0.3, 0.4) is 0 Å². The highest BCUT2D eigenvalue weighted by Crippen LogP contribution is 2.29. The van der Waals surface area contributed by atoms with Crippen molar-refractivity contribution in [1.82, 2.24) is 19.4 Å². The Balaban J connectivity index is 1.79. The number of aromatic nitrogens is 2. The predicted molar refractivity (Wildman–Crippen MR) is 107 cm³/mol. The molecule has 0 spiro atoms. The largest absolute Gasteiger partial charge is 0.494 e. The van der Waals surface area contributed by atoms with E-state index in [1.807, 2.05) is 31.1 Å². The number of nitrogens with zero attached hydrogens (tertiary/aromatic N) is 3. The molecule has 0 saturated carbocycles. The fourth-order valence-electron chi connectivity index (χ4n) is 3.17. The van der Waals surface area contributed by atoms with Crippen molar-refractivity contribution < 1.29 is 13.9 Å². The third-order valence-corrected chi connectivity index (χ3v) is 4.79. The van der Waals surface area contributed by atoms with Crippen LogP contribution in [0.4, 0.5) is 10.5 Å². The van der Waals surface area contributed by atoms with Gasteiger partial charge in [-0.2, -0.15) is 0 Å². The summed E-state index contributed by atoms with van der Waals surface area (Å²) >= 11 is 0. The number of hydrogen-bond acceptors (Lipinski definition) is 5. The standard InChI is InChI=1S/C19H25N5O4/c1-22(2)15(16-7-6-8-28-16)11-20-18(25)21-12-9-13-14(10-17(12)27-5)24(4)19(26)23(13)3/h6-10,15H,11H2,1-5H3,(H2,20,21,25). The van der Waals surface area contributed by atoms with Crippen LogP contribution in [0.15, 0.2) is 39.7 Å². The van der Waals surface area contributed by atoms with Gasteiger partial charge in [-0.05, 0) is 32.3 Å². The Morgan fingerprint density at radius 1 is 1.25 bits per heavy atom. The number of urea groups is 1. The molecule has 2 heterocycles. The maximum atomic E-state index is 12.5. The van der Waals surface area contributed by atoms with Crippen molar-refractivity contribution in [3.63, 3.8) is 0 Å². The zero-order valence-electron chi connectivity index (χ0n) is 16.6. The number of aryl methyl sites for hydroxylation is 2. The number of furan rings is 1. The molecule has 2 amide bonds. The number of likely N-dealkylation sites (N-methyl/N-ethyl adjacent to an activating group) is 1. The summed E-state index contributed by atoms with van der Waals surface area (Å²) in [6.45, 7) is 0.362. The van der Waals surface area contributed by atoms with Crippen molar-refractivity contribution in [3.05, 3.63) is 46.8 Å². The van der Waals surface area contributed by atoms with Gasteiger partial charge in [-0.15, -0.1) is 0 Å². The minimum Gasteiger partial charge on any atom is -0.494 e. The summed E-state index contributed by atoms with van der Waals surface area (Å²) in [5, 5.41) is 5.65. The number of nitrogens with one attached hydrogen (secondary N) is 2. The molecular formula is C19H25N5O4. The number of carbonyl (C=O) groups is 1. The van der Waals surface area contributed by atoms with Crippen LogP contribution in [0.5, 0.6) is 5.75 Å². The number of ether oxygens (including phenoxy) is 1. The number of fused-ring (bicyclic) bond motifs is 1. The van der Waals surface area contributed by atoms with Crippen molar-refractivity contribution in [2.75, 3.05) is 33.1 Å². The molecule has 0 saturated heterocycles. The zero-order chi connectivity index (χ0) is 20.4. The summed E-state index contributed by atoms with van der Waals surface area (Å²) < 4.78 is 13.9. The van der Waals surface area contributed by atoms with Gasteiger partial charge in [0.15, 0.2) is 0 Å². The lowest BCUT2D eigenvalue weighted by Gasteiger charge is -2.22. The van der Waals surface area contributed by atoms with Gasteiger partial charge in [0.2, 0.25) is 0 Å². The van der Waals surface area contributed by atoms with E-state index in [-0.39, 0.29) is 17.8 Å². The van der Waals surface area contributed by atoms with Crippen molar-refractivity contribution in [2.45, 2.75) is 6.04 Å². The topological polar surface area (TPSA) is 93.7 Å². The molecular weight excluding hydrogens is 362 g/mol. The fourth-order valence-corrected chi connectivity index (χ4v) is 3.17. The summed E-state index contributed by atoms with van der Waals surface area (Å²) in [6.07, 6.45) is 1.61. The first-order valence-corrected chi connectivity index (χ1v) is 8.81. The van der Waals surface area contributed by atoms with E-state index in [0.29, 0.717) is 23.5 Å². The van der Waals surface area contributed by atoms with Crippen LogP contribution in [0.1, 0.15) is 11.8 Å². The van der Waals surface area contributed by atoms with Gasteiger partial charge in [-0.3, -0.25) is 14.0 Å². The molecule has 2 N–H and O–H groups in total. The van der Waals surface area contributed by atoms with E-state index < -0.39 is 0 Å². The van der Waals surface area contributed by atoms with Gasteiger partial charge in [0.1, 0.15) is 11.5 Å². The highest BCUT2D eigenvalue weighted by molar-refractivity contribution is 5.94. The summed E-state index contributed by atoms with van der Waals surface area (Å²) in [7, 11) is 8.73. The average Bonchev–Trinajstić information content (AvgIpc) is 3.26. The molecule has 1 unspecified atom stereocenters. The van der Waals surface area contributed by atoms with Crippen LogP contribution in [0.2, 0.25) is 0 Å². The average molecular weight is 387 g/mol. The van der Waals surface area contributed by atoms with E-state index in [9.17, 15) is 9.59 Å². The molecule has 1 aromatic carbocycles. The van der Waals surface area contributed by atoms with Gasteiger partial charge in [0.05, 0.1) is 36.1 Å². The molecule has 3 aromatic rings. The normalized spacial score (nSPS) is 12.4. The number of benzene rings is 1. The molecule has 0 aliphatic rings. The summed E-state index contributed by atoms with van der Waals surface area (Å²) in [5.74, 6) is 1.24. The lowest BCUT2D eigenvalue weighted by molar-refractivity contribution is 0.233. The van der Waals surface area contributed by atoms with Crippen molar-refractivity contribution in [1.29, 1.82) is 0 Å². The zero-order valence-corrected chi connectivity index (χ0v) is 16.6. The molecule has 0 fully saturated rings. The fraction of sp³-hybridized carbons (Fsp3) is 0.368. The van der Waals surface area contributed by atoms with Crippen LogP contribution < -0.4 is 21.1 Å². The lowest BCUT2D eigenvalue weighted by Crippen LogP contribution is -2.36. The number of amides is 2. The van der Waals surface area contributed by atoms with E-state index in [1.165, 1.54) is 16.2 Å². The third kappa shape index (κ3) is 3.61. The summed E-state index contributed by atoms with van der Waals surface area (Å²) in [5.41, 5.74) is 1.75. The summed E-state index contributed by atoms with van der Waals surface area (Å²) in [6, 6.07) is 6.67. The first-order chi connectivity index (χ1) is 13.3. The van der Waals surface area contributed by atoms with Gasteiger partial charge in [0, 0.05) is 26.7 Å². The number of hydrogen-bond donors (Lipinski definition) is 2. The molecule has 28 heavy (non-hydrogen) atoms. The Kier molecular flexibility index (Phi) is 5.46. The quantitative estimate of drug-likeness (QED) is 0.674. The number of anilines is 1. The molecule has 9 heteroatoms. The third-order valence-electron chi connectivity index (χ3n) is 4.79. The Morgan fingerprint density at radius 2 is 1.93 bits per heavy atom. The molecule has 0 aliphatic carbocycles. The van der Waals surface area contributed by atoms with Gasteiger partial charge in [-0.25, -0.2) is 9.59 Å². The van der Waals surface area contributed by atoms with E-state index in [0.717, 1.165) is 11.3 Å². The molecule has 2 aromatic heterocycles. The monoisotopic (exact) mass is 387 g/mol. The Morgan fingerprint density at radius 3 is 2.50 bits per heavy atom. The van der Waals surface area contributed by atoms with Crippen molar-refractivity contribution in [3.8, 4) is 5.75 Å². The predicted octanol–water partition coefficient (Wildman–Crippen LogP) is 1.90. The van der Waals surface area contributed by atoms with Gasteiger partial charge in [-0.1, -0.05) is 0 Å². The second kappa shape index (κ2) is 7.81. The lowest BCUT2D eigenvalue weighted by atomic mass is 10.2. The van der Waals surface area contributed by atoms with E-state index in [1.54, 1.807) is 32.5 Å². The molecule has 9 nitrogen and oxygen atoms in total. The number of carbonyl (C=O) groups excluding carboxylic acids is 1. The second-order valence-corrected chi connectivity index (χ2v) is 6.77. The molecule has 0 bridgehead atoms. The maximum Gasteiger partial charge on any atom is 0.328 e. The van der Waals surface area contributed by atoms with Crippen LogP contribution in [-0.4, -0.2) is 47.8 Å². The molecule has 1 atom stereocenters. The first-order valence-electron chi connectivity index (χ1n) is 8.81. The smallest absolute Gasteiger partial charge is 0.328 e. The molecule has 3 rings (SSSR count). The van der Waals surface area contributed by atoms with Gasteiger partial charge >= 0.3 is 11.7 Å². The number of imidazole rings is 1. The molecule has 150 valence electrons. The molecule has 0 aliphatic heterocycles.